The summed E-state index contributed by atoms with van der Waals surface area (Å²) in [5.41, 5.74) is 4.98. The van der Waals surface area contributed by atoms with Crippen LogP contribution in [-0.4, -0.2) is 58.9 Å². The van der Waals surface area contributed by atoms with Gasteiger partial charge in [0.25, 0.3) is 0 Å². The van der Waals surface area contributed by atoms with Gasteiger partial charge < -0.3 is 14.7 Å². The van der Waals surface area contributed by atoms with Gasteiger partial charge in [0.1, 0.15) is 5.84 Å². The van der Waals surface area contributed by atoms with E-state index < -0.39 is 5.97 Å². The van der Waals surface area contributed by atoms with Gasteiger partial charge in [0.05, 0.1) is 19.3 Å². The van der Waals surface area contributed by atoms with E-state index in [0.717, 1.165) is 41.8 Å². The number of aryl methyl sites for hydroxylation is 1. The zero-order chi connectivity index (χ0) is 29.3. The van der Waals surface area contributed by atoms with Crippen molar-refractivity contribution in [1.82, 2.24) is 14.9 Å². The van der Waals surface area contributed by atoms with Gasteiger partial charge in [0.2, 0.25) is 6.41 Å². The number of hydrogen-bond acceptors (Lipinski definition) is 6. The van der Waals surface area contributed by atoms with E-state index in [9.17, 15) is 14.7 Å². The molecule has 0 atom stereocenters. The topological polar surface area (TPSA) is 95.3 Å². The number of amides is 1. The fraction of sp³-hybridized carbons (Fsp3) is 0.375. The molecule has 8 nitrogen and oxygen atoms in total. The summed E-state index contributed by atoms with van der Waals surface area (Å²) in [5, 5.41) is 16.1. The Morgan fingerprint density at radius 1 is 1.02 bits per heavy atom. The molecule has 40 heavy (non-hydrogen) atoms. The number of hydrazone groups is 1. The third-order valence-electron chi connectivity index (χ3n) is 6.71. The highest BCUT2D eigenvalue weighted by Crippen LogP contribution is 2.25. The maximum Gasteiger partial charge on any atom is 0.358 e. The van der Waals surface area contributed by atoms with Crippen molar-refractivity contribution in [3.05, 3.63) is 83.0 Å². The van der Waals surface area contributed by atoms with E-state index in [1.54, 1.807) is 17.0 Å². The number of carboxylic acids is 1. The van der Waals surface area contributed by atoms with Crippen LogP contribution in [0.25, 0.3) is 11.3 Å². The number of aromatic carboxylic acids is 1. The summed E-state index contributed by atoms with van der Waals surface area (Å²) in [5.74, 6) is -0.161. The number of benzene rings is 2. The normalized spacial score (nSPS) is 11.7. The Labute approximate surface area is 237 Å². The predicted molar refractivity (Wildman–Crippen MR) is 159 cm³/mol. The molecule has 0 saturated carbocycles. The quantitative estimate of drug-likeness (QED) is 0.130. The molecule has 0 saturated heterocycles. The van der Waals surface area contributed by atoms with E-state index in [4.69, 9.17) is 9.84 Å². The van der Waals surface area contributed by atoms with Gasteiger partial charge in [-0.1, -0.05) is 69.3 Å². The standard InChI is InChI=1S/C32H40N4O4/c1-7-36(22-37)29(34-35(5)21-24-13-17-26(18-14-24)32(2,3)4)10-8-9-23-11-15-25(16-12-23)27-19-20-28(40-6)30(33-27)31(38)39/h11-20,22H,7-10,21H2,1-6H3,(H,38,39)/b34-29-. The molecule has 0 aliphatic rings. The molecular weight excluding hydrogens is 504 g/mol. The van der Waals surface area contributed by atoms with Gasteiger partial charge in [0, 0.05) is 25.6 Å². The molecule has 1 heterocycles. The first kappa shape index (κ1) is 30.3. The summed E-state index contributed by atoms with van der Waals surface area (Å²) < 4.78 is 5.10. The Morgan fingerprint density at radius 2 is 1.68 bits per heavy atom. The first-order valence-corrected chi connectivity index (χ1v) is 13.5. The molecule has 3 rings (SSSR count). The number of rotatable bonds is 12. The van der Waals surface area contributed by atoms with Crippen molar-refractivity contribution in [2.45, 2.75) is 58.9 Å². The first-order valence-electron chi connectivity index (χ1n) is 13.5. The van der Waals surface area contributed by atoms with E-state index in [-0.39, 0.29) is 16.9 Å². The molecule has 1 amide bonds. The molecule has 3 aromatic rings. The van der Waals surface area contributed by atoms with Gasteiger partial charge in [-0.15, -0.1) is 0 Å². The SMILES string of the molecule is CCN(C=O)/C(CCCc1ccc(-c2ccc(OC)c(C(=O)O)n2)cc1)=N\N(C)Cc1ccc(C(C)(C)C)cc1. The lowest BCUT2D eigenvalue weighted by molar-refractivity contribution is -0.114. The van der Waals surface area contributed by atoms with Crippen molar-refractivity contribution in [1.29, 1.82) is 0 Å². The predicted octanol–water partition coefficient (Wildman–Crippen LogP) is 6.00. The minimum atomic E-state index is -1.13. The Hall–Kier alpha value is -4.20. The molecule has 2 aromatic carbocycles. The monoisotopic (exact) mass is 544 g/mol. The summed E-state index contributed by atoms with van der Waals surface area (Å²) in [4.78, 5) is 29.1. The van der Waals surface area contributed by atoms with Crippen molar-refractivity contribution in [3.8, 4) is 17.0 Å². The summed E-state index contributed by atoms with van der Waals surface area (Å²) >= 11 is 0. The van der Waals surface area contributed by atoms with Gasteiger partial charge in [-0.2, -0.15) is 5.10 Å². The van der Waals surface area contributed by atoms with E-state index in [2.05, 4.69) is 50.0 Å². The Morgan fingerprint density at radius 3 is 2.23 bits per heavy atom. The van der Waals surface area contributed by atoms with Crippen LogP contribution in [-0.2, 0) is 23.2 Å². The molecule has 0 fully saturated rings. The summed E-state index contributed by atoms with van der Waals surface area (Å²) in [6.45, 7) is 9.75. The average molecular weight is 545 g/mol. The van der Waals surface area contributed by atoms with Crippen LogP contribution in [0.5, 0.6) is 5.75 Å². The number of carbonyl (C=O) groups excluding carboxylic acids is 1. The first-order chi connectivity index (χ1) is 19.0. The van der Waals surface area contributed by atoms with Crippen LogP contribution >= 0.6 is 0 Å². The van der Waals surface area contributed by atoms with E-state index >= 15 is 0 Å². The maximum atomic E-state index is 11.7. The minimum Gasteiger partial charge on any atom is -0.494 e. The third-order valence-corrected chi connectivity index (χ3v) is 6.71. The number of carbonyl (C=O) groups is 2. The number of amidine groups is 1. The summed E-state index contributed by atoms with van der Waals surface area (Å²) in [6, 6.07) is 19.9. The number of hydrogen-bond donors (Lipinski definition) is 1. The molecule has 0 unspecified atom stereocenters. The molecule has 0 bridgehead atoms. The lowest BCUT2D eigenvalue weighted by Gasteiger charge is -2.22. The molecule has 1 aromatic heterocycles. The number of carboxylic acid groups (broad SMARTS) is 1. The van der Waals surface area contributed by atoms with Gasteiger partial charge >= 0.3 is 5.97 Å². The van der Waals surface area contributed by atoms with Crippen molar-refractivity contribution in [3.63, 3.8) is 0 Å². The second-order valence-corrected chi connectivity index (χ2v) is 10.8. The largest absolute Gasteiger partial charge is 0.494 e. The second kappa shape index (κ2) is 13.7. The fourth-order valence-corrected chi connectivity index (χ4v) is 4.39. The molecule has 0 spiro atoms. The Kier molecular flexibility index (Phi) is 10.4. The highest BCUT2D eigenvalue weighted by molar-refractivity contribution is 5.90. The number of aromatic nitrogens is 1. The number of methoxy groups -OCH3 is 1. The number of ether oxygens (including phenoxy) is 1. The molecule has 8 heteroatoms. The van der Waals surface area contributed by atoms with Gasteiger partial charge in [-0.05, 0) is 54.0 Å². The molecule has 212 valence electrons. The van der Waals surface area contributed by atoms with Gasteiger partial charge in [0.15, 0.2) is 11.4 Å². The third kappa shape index (κ3) is 8.15. The molecule has 0 aliphatic heterocycles. The van der Waals surface area contributed by atoms with Gasteiger partial charge in [-0.3, -0.25) is 9.80 Å². The maximum absolute atomic E-state index is 11.7. The Bertz CT molecular complexity index is 1310. The van der Waals surface area contributed by atoms with E-state index in [1.807, 2.05) is 43.2 Å². The van der Waals surface area contributed by atoms with Crippen molar-refractivity contribution in [2.24, 2.45) is 5.10 Å². The van der Waals surface area contributed by atoms with Crippen molar-refractivity contribution in [2.75, 3.05) is 20.7 Å². The van der Waals surface area contributed by atoms with Crippen LogP contribution in [0, 0.1) is 0 Å². The number of nitrogens with zero attached hydrogens (tertiary/aromatic N) is 4. The van der Waals surface area contributed by atoms with Crippen LogP contribution in [0.3, 0.4) is 0 Å². The van der Waals surface area contributed by atoms with Crippen LogP contribution in [0.2, 0.25) is 0 Å². The van der Waals surface area contributed by atoms with Crippen molar-refractivity contribution >= 4 is 18.2 Å². The zero-order valence-corrected chi connectivity index (χ0v) is 24.3. The second-order valence-electron chi connectivity index (χ2n) is 10.8. The zero-order valence-electron chi connectivity index (χ0n) is 24.3. The lowest BCUT2D eigenvalue weighted by Crippen LogP contribution is -2.31. The van der Waals surface area contributed by atoms with Crippen LogP contribution in [0.15, 0.2) is 65.8 Å². The summed E-state index contributed by atoms with van der Waals surface area (Å²) in [7, 11) is 3.35. The van der Waals surface area contributed by atoms with Crippen LogP contribution in [0.1, 0.15) is 67.7 Å². The van der Waals surface area contributed by atoms with Crippen LogP contribution in [0.4, 0.5) is 0 Å². The highest BCUT2D eigenvalue weighted by atomic mass is 16.5. The number of pyridine rings is 1. The highest BCUT2D eigenvalue weighted by Gasteiger charge is 2.16. The molecular formula is C32H40N4O4. The van der Waals surface area contributed by atoms with E-state index in [1.165, 1.54) is 12.7 Å². The van der Waals surface area contributed by atoms with Crippen LogP contribution < -0.4 is 4.74 Å². The smallest absolute Gasteiger partial charge is 0.358 e. The van der Waals surface area contributed by atoms with E-state index in [0.29, 0.717) is 25.2 Å². The summed E-state index contributed by atoms with van der Waals surface area (Å²) in [6.07, 6.45) is 3.13. The lowest BCUT2D eigenvalue weighted by atomic mass is 9.87. The molecule has 1 N–H and O–H groups in total. The molecule has 0 radical (unpaired) electrons. The fourth-order valence-electron chi connectivity index (χ4n) is 4.39. The van der Waals surface area contributed by atoms with Gasteiger partial charge in [-0.25, -0.2) is 9.78 Å². The average Bonchev–Trinajstić information content (AvgIpc) is 2.93. The van der Waals surface area contributed by atoms with Crippen molar-refractivity contribution < 1.29 is 19.4 Å². The molecule has 0 aliphatic carbocycles. The Balaban J connectivity index is 1.65. The minimum absolute atomic E-state index is 0.109.